The van der Waals surface area contributed by atoms with Crippen molar-refractivity contribution in [2.24, 2.45) is 5.92 Å². The van der Waals surface area contributed by atoms with Gasteiger partial charge in [-0.05, 0) is 0 Å². The van der Waals surface area contributed by atoms with Crippen LogP contribution in [-0.4, -0.2) is 4.21 Å². The van der Waals surface area contributed by atoms with Crippen LogP contribution in [0.5, 0.6) is 0 Å². The normalized spacial score (nSPS) is 41.4. The molecule has 0 spiro atoms. The van der Waals surface area contributed by atoms with E-state index in [1.54, 1.807) is 0 Å². The second-order valence-corrected chi connectivity index (χ2v) is 3.89. The lowest BCUT2D eigenvalue weighted by atomic mass is 10.0. The highest BCUT2D eigenvalue weighted by Gasteiger charge is 2.25. The SMILES string of the molecule is CC1C=CC=CC1(S)Cl. The molecule has 0 radical (unpaired) electrons. The van der Waals surface area contributed by atoms with Crippen molar-refractivity contribution in [2.45, 2.75) is 11.1 Å². The van der Waals surface area contributed by atoms with Gasteiger partial charge in [0, 0.05) is 5.92 Å². The van der Waals surface area contributed by atoms with Crippen LogP contribution in [0.2, 0.25) is 0 Å². The Balaban J connectivity index is 2.78. The fourth-order valence-corrected chi connectivity index (χ4v) is 1.03. The van der Waals surface area contributed by atoms with E-state index in [0.717, 1.165) is 0 Å². The van der Waals surface area contributed by atoms with Crippen molar-refractivity contribution in [1.82, 2.24) is 0 Å². The summed E-state index contributed by atoms with van der Waals surface area (Å²) in [5.41, 5.74) is 0. The number of hydrogen-bond acceptors (Lipinski definition) is 1. The van der Waals surface area contributed by atoms with Gasteiger partial charge in [0.05, 0.1) is 0 Å². The molecule has 0 fully saturated rings. The largest absolute Gasteiger partial charge is 0.152 e. The van der Waals surface area contributed by atoms with E-state index in [1.165, 1.54) is 0 Å². The quantitative estimate of drug-likeness (QED) is 0.409. The summed E-state index contributed by atoms with van der Waals surface area (Å²) in [4.78, 5) is 0. The minimum atomic E-state index is -0.464. The van der Waals surface area contributed by atoms with E-state index in [9.17, 15) is 0 Å². The van der Waals surface area contributed by atoms with Crippen LogP contribution < -0.4 is 0 Å². The van der Waals surface area contributed by atoms with Crippen LogP contribution in [0.4, 0.5) is 0 Å². The number of hydrogen-bond donors (Lipinski definition) is 1. The summed E-state index contributed by atoms with van der Waals surface area (Å²) in [6, 6.07) is 0. The summed E-state index contributed by atoms with van der Waals surface area (Å²) >= 11 is 10.2. The van der Waals surface area contributed by atoms with Crippen molar-refractivity contribution in [3.63, 3.8) is 0 Å². The monoisotopic (exact) mass is 160 g/mol. The Bertz CT molecular complexity index is 158. The molecule has 1 aliphatic carbocycles. The first kappa shape index (κ1) is 7.23. The lowest BCUT2D eigenvalue weighted by molar-refractivity contribution is 0.707. The van der Waals surface area contributed by atoms with Crippen molar-refractivity contribution < 1.29 is 0 Å². The average molecular weight is 161 g/mol. The Morgan fingerprint density at radius 3 is 2.56 bits per heavy atom. The predicted octanol–water partition coefficient (Wildman–Crippen LogP) is 2.61. The van der Waals surface area contributed by atoms with Crippen LogP contribution in [0.15, 0.2) is 24.3 Å². The van der Waals surface area contributed by atoms with Gasteiger partial charge in [0.1, 0.15) is 4.21 Å². The first-order valence-corrected chi connectivity index (χ1v) is 3.73. The minimum Gasteiger partial charge on any atom is -0.152 e. The molecule has 0 aliphatic heterocycles. The molecular weight excluding hydrogens is 152 g/mol. The van der Waals surface area contributed by atoms with E-state index in [1.807, 2.05) is 31.2 Å². The molecule has 50 valence electrons. The van der Waals surface area contributed by atoms with E-state index >= 15 is 0 Å². The second-order valence-electron chi connectivity index (χ2n) is 2.26. The molecule has 2 heteroatoms. The summed E-state index contributed by atoms with van der Waals surface area (Å²) in [6.45, 7) is 2.04. The van der Waals surface area contributed by atoms with Gasteiger partial charge >= 0.3 is 0 Å². The zero-order valence-corrected chi connectivity index (χ0v) is 6.86. The van der Waals surface area contributed by atoms with Crippen LogP contribution >= 0.6 is 24.2 Å². The summed E-state index contributed by atoms with van der Waals surface area (Å²) in [7, 11) is 0. The first-order valence-electron chi connectivity index (χ1n) is 2.90. The maximum atomic E-state index is 5.95. The van der Waals surface area contributed by atoms with Crippen LogP contribution in [0.25, 0.3) is 0 Å². The Morgan fingerprint density at radius 1 is 1.56 bits per heavy atom. The molecular formula is C7H9ClS. The lowest BCUT2D eigenvalue weighted by Crippen LogP contribution is -2.20. The lowest BCUT2D eigenvalue weighted by Gasteiger charge is -2.23. The van der Waals surface area contributed by atoms with Crippen LogP contribution in [-0.2, 0) is 0 Å². The van der Waals surface area contributed by atoms with Gasteiger partial charge in [-0.1, -0.05) is 31.2 Å². The van der Waals surface area contributed by atoms with Crippen molar-refractivity contribution in [2.75, 3.05) is 0 Å². The van der Waals surface area contributed by atoms with Gasteiger partial charge in [-0.3, -0.25) is 0 Å². The van der Waals surface area contributed by atoms with Crippen molar-refractivity contribution in [3.8, 4) is 0 Å². The fraction of sp³-hybridized carbons (Fsp3) is 0.429. The Kier molecular flexibility index (Phi) is 1.92. The zero-order chi connectivity index (χ0) is 6.91. The maximum Gasteiger partial charge on any atom is 0.111 e. The van der Waals surface area contributed by atoms with Gasteiger partial charge in [-0.2, -0.15) is 12.6 Å². The molecule has 2 unspecified atom stereocenters. The summed E-state index contributed by atoms with van der Waals surface area (Å²) < 4.78 is -0.464. The Labute approximate surface area is 66.0 Å². The molecule has 0 saturated carbocycles. The molecule has 0 heterocycles. The van der Waals surface area contributed by atoms with Crippen LogP contribution in [0.3, 0.4) is 0 Å². The summed E-state index contributed by atoms with van der Waals surface area (Å²) in [6.07, 6.45) is 7.84. The predicted molar refractivity (Wildman–Crippen MR) is 45.0 cm³/mol. The third-order valence-corrected chi connectivity index (χ3v) is 2.51. The first-order chi connectivity index (χ1) is 4.13. The zero-order valence-electron chi connectivity index (χ0n) is 5.21. The molecule has 0 nitrogen and oxygen atoms in total. The van der Waals surface area contributed by atoms with Gasteiger partial charge in [0.2, 0.25) is 0 Å². The van der Waals surface area contributed by atoms with E-state index in [-0.39, 0.29) is 0 Å². The molecule has 0 aromatic rings. The number of thiol groups is 1. The van der Waals surface area contributed by atoms with Gasteiger partial charge in [-0.15, -0.1) is 11.6 Å². The molecule has 0 N–H and O–H groups in total. The number of halogens is 1. The van der Waals surface area contributed by atoms with E-state index in [0.29, 0.717) is 5.92 Å². The van der Waals surface area contributed by atoms with E-state index in [2.05, 4.69) is 12.6 Å². The fourth-order valence-electron chi connectivity index (χ4n) is 0.708. The number of allylic oxidation sites excluding steroid dienone is 3. The van der Waals surface area contributed by atoms with Crippen molar-refractivity contribution in [1.29, 1.82) is 0 Å². The highest BCUT2D eigenvalue weighted by molar-refractivity contribution is 7.83. The summed E-state index contributed by atoms with van der Waals surface area (Å²) in [5, 5.41) is 0. The molecule has 1 rings (SSSR count). The van der Waals surface area contributed by atoms with Gasteiger partial charge in [-0.25, -0.2) is 0 Å². The van der Waals surface area contributed by atoms with Crippen LogP contribution in [0.1, 0.15) is 6.92 Å². The van der Waals surface area contributed by atoms with E-state index < -0.39 is 4.21 Å². The Morgan fingerprint density at radius 2 is 2.22 bits per heavy atom. The van der Waals surface area contributed by atoms with Crippen LogP contribution in [0, 0.1) is 5.92 Å². The third-order valence-electron chi connectivity index (χ3n) is 1.48. The minimum absolute atomic E-state index is 0.312. The highest BCUT2D eigenvalue weighted by Crippen LogP contribution is 2.34. The number of alkyl halides is 1. The molecule has 0 amide bonds. The standard InChI is InChI=1S/C7H9ClS/c1-6-4-2-3-5-7(6,8)9/h2-6,9H,1H3. The Hall–Kier alpha value is 0.120. The summed E-state index contributed by atoms with van der Waals surface area (Å²) in [5.74, 6) is 0.312. The maximum absolute atomic E-state index is 5.95. The van der Waals surface area contributed by atoms with Gasteiger partial charge < -0.3 is 0 Å². The van der Waals surface area contributed by atoms with E-state index in [4.69, 9.17) is 11.6 Å². The molecule has 0 aromatic heterocycles. The molecule has 1 aliphatic rings. The average Bonchev–Trinajstić information content (AvgIpc) is 1.77. The van der Waals surface area contributed by atoms with Gasteiger partial charge in [0.25, 0.3) is 0 Å². The number of rotatable bonds is 0. The molecule has 0 bridgehead atoms. The van der Waals surface area contributed by atoms with Crippen molar-refractivity contribution >= 4 is 24.2 Å². The smallest absolute Gasteiger partial charge is 0.111 e. The van der Waals surface area contributed by atoms with Gasteiger partial charge in [0.15, 0.2) is 0 Å². The third kappa shape index (κ3) is 1.53. The highest BCUT2D eigenvalue weighted by atomic mass is 35.5. The molecule has 2 atom stereocenters. The van der Waals surface area contributed by atoms with Crippen molar-refractivity contribution in [3.05, 3.63) is 24.3 Å². The topological polar surface area (TPSA) is 0 Å². The molecule has 0 aromatic carbocycles. The second kappa shape index (κ2) is 2.39. The molecule has 0 saturated heterocycles. The molecule has 9 heavy (non-hydrogen) atoms.